The molecule has 2 aromatic rings. The van der Waals surface area contributed by atoms with Crippen molar-refractivity contribution in [2.24, 2.45) is 0 Å². The number of aromatic nitrogens is 2. The molecule has 1 aromatic heterocycles. The van der Waals surface area contributed by atoms with E-state index < -0.39 is 0 Å². The van der Waals surface area contributed by atoms with Crippen molar-refractivity contribution in [3.63, 3.8) is 0 Å². The lowest BCUT2D eigenvalue weighted by Crippen LogP contribution is -2.15. The van der Waals surface area contributed by atoms with Gasteiger partial charge in [-0.15, -0.1) is 0 Å². The maximum Gasteiger partial charge on any atom is 0.254 e. The predicted octanol–water partition coefficient (Wildman–Crippen LogP) is 3.09. The Balaban J connectivity index is 2.41. The minimum Gasteiger partial charge on any atom is -0.491 e. The number of H-pyrrole nitrogens is 1. The Bertz CT molecular complexity index is 643. The Morgan fingerprint density at radius 2 is 1.90 bits per heavy atom. The summed E-state index contributed by atoms with van der Waals surface area (Å²) in [6.45, 7) is 7.74. The molecule has 0 radical (unpaired) electrons. The number of hydrogen-bond acceptors (Lipinski definition) is 3. The molecule has 0 aliphatic rings. The lowest BCUT2D eigenvalue weighted by Gasteiger charge is -2.11. The molecule has 0 bridgehead atoms. The number of ether oxygens (including phenoxy) is 1. The molecule has 0 atom stereocenters. The zero-order valence-corrected chi connectivity index (χ0v) is 12.4. The molecule has 0 fully saturated rings. The Kier molecular flexibility index (Phi) is 4.23. The Morgan fingerprint density at radius 3 is 2.45 bits per heavy atom. The summed E-state index contributed by atoms with van der Waals surface area (Å²) in [4.78, 5) is 19.2. The molecule has 0 aliphatic carbocycles. The molecule has 106 valence electrons. The van der Waals surface area contributed by atoms with Crippen LogP contribution in [0.1, 0.15) is 32.2 Å². The number of nitrogens with one attached hydrogen (secondary N) is 1. The maximum absolute atomic E-state index is 11.9. The number of nitrogens with zero attached hydrogens (tertiary/aromatic N) is 1. The van der Waals surface area contributed by atoms with Gasteiger partial charge in [0.2, 0.25) is 0 Å². The van der Waals surface area contributed by atoms with Crippen LogP contribution in [-0.2, 0) is 6.42 Å². The highest BCUT2D eigenvalue weighted by Gasteiger charge is 2.09. The first-order chi connectivity index (χ1) is 9.51. The minimum atomic E-state index is -0.0747. The molecule has 4 heteroatoms. The van der Waals surface area contributed by atoms with Crippen molar-refractivity contribution in [3.8, 4) is 17.0 Å². The third-order valence-corrected chi connectivity index (χ3v) is 3.03. The van der Waals surface area contributed by atoms with Gasteiger partial charge in [0.15, 0.2) is 0 Å². The van der Waals surface area contributed by atoms with E-state index in [0.717, 1.165) is 17.0 Å². The van der Waals surface area contributed by atoms with Crippen molar-refractivity contribution in [1.29, 1.82) is 0 Å². The number of hydrogen-bond donors (Lipinski definition) is 1. The van der Waals surface area contributed by atoms with E-state index in [1.807, 2.05) is 45.0 Å². The highest BCUT2D eigenvalue weighted by atomic mass is 16.5. The topological polar surface area (TPSA) is 55.0 Å². The molecule has 1 heterocycles. The van der Waals surface area contributed by atoms with Gasteiger partial charge in [0.25, 0.3) is 5.56 Å². The van der Waals surface area contributed by atoms with Crippen LogP contribution < -0.4 is 10.3 Å². The van der Waals surface area contributed by atoms with E-state index in [1.165, 1.54) is 0 Å². The van der Waals surface area contributed by atoms with Crippen molar-refractivity contribution in [2.45, 2.75) is 40.2 Å². The molecule has 0 saturated carbocycles. The summed E-state index contributed by atoms with van der Waals surface area (Å²) in [5, 5.41) is 0. The smallest absolute Gasteiger partial charge is 0.254 e. The van der Waals surface area contributed by atoms with E-state index in [1.54, 1.807) is 6.92 Å². The third kappa shape index (κ3) is 3.07. The summed E-state index contributed by atoms with van der Waals surface area (Å²) in [7, 11) is 0. The zero-order chi connectivity index (χ0) is 14.7. The van der Waals surface area contributed by atoms with E-state index in [0.29, 0.717) is 17.8 Å². The lowest BCUT2D eigenvalue weighted by atomic mass is 10.1. The van der Waals surface area contributed by atoms with Crippen molar-refractivity contribution < 1.29 is 4.74 Å². The molecule has 2 rings (SSSR count). The summed E-state index contributed by atoms with van der Waals surface area (Å²) in [6, 6.07) is 7.68. The third-order valence-electron chi connectivity index (χ3n) is 3.03. The fourth-order valence-electron chi connectivity index (χ4n) is 1.99. The van der Waals surface area contributed by atoms with Gasteiger partial charge in [-0.25, -0.2) is 4.98 Å². The molecule has 20 heavy (non-hydrogen) atoms. The zero-order valence-electron chi connectivity index (χ0n) is 12.4. The highest BCUT2D eigenvalue weighted by molar-refractivity contribution is 5.63. The van der Waals surface area contributed by atoms with Crippen LogP contribution >= 0.6 is 0 Å². The number of aryl methyl sites for hydroxylation is 1. The van der Waals surface area contributed by atoms with Crippen molar-refractivity contribution in [1.82, 2.24) is 9.97 Å². The molecule has 1 N–H and O–H groups in total. The fraction of sp³-hybridized carbons (Fsp3) is 0.375. The van der Waals surface area contributed by atoms with Crippen LogP contribution in [-0.4, -0.2) is 16.1 Å². The SMILES string of the molecule is CCc1nc(-c2ccc(OC(C)C)cc2)c(C)c(=O)[nH]1. The average molecular weight is 272 g/mol. The van der Waals surface area contributed by atoms with E-state index in [2.05, 4.69) is 9.97 Å². The quantitative estimate of drug-likeness (QED) is 0.930. The van der Waals surface area contributed by atoms with E-state index >= 15 is 0 Å². The van der Waals surface area contributed by atoms with Crippen LogP contribution in [0.3, 0.4) is 0 Å². The molecule has 0 spiro atoms. The summed E-state index contributed by atoms with van der Waals surface area (Å²) in [6.07, 6.45) is 0.851. The van der Waals surface area contributed by atoms with Gasteiger partial charge >= 0.3 is 0 Å². The van der Waals surface area contributed by atoms with Gasteiger partial charge in [0.1, 0.15) is 11.6 Å². The summed E-state index contributed by atoms with van der Waals surface area (Å²) < 4.78 is 5.62. The van der Waals surface area contributed by atoms with Crippen molar-refractivity contribution in [3.05, 3.63) is 46.0 Å². The van der Waals surface area contributed by atoms with Crippen LogP contribution in [0.25, 0.3) is 11.3 Å². The second-order valence-electron chi connectivity index (χ2n) is 5.03. The first kappa shape index (κ1) is 14.3. The van der Waals surface area contributed by atoms with Gasteiger partial charge in [-0.1, -0.05) is 6.92 Å². The van der Waals surface area contributed by atoms with Gasteiger partial charge in [-0.2, -0.15) is 0 Å². The summed E-state index contributed by atoms with van der Waals surface area (Å²) in [5.41, 5.74) is 2.23. The maximum atomic E-state index is 11.9. The van der Waals surface area contributed by atoms with Crippen molar-refractivity contribution in [2.75, 3.05) is 0 Å². The van der Waals surface area contributed by atoms with Gasteiger partial charge < -0.3 is 9.72 Å². The number of aromatic amines is 1. The first-order valence-electron chi connectivity index (χ1n) is 6.88. The fourth-order valence-corrected chi connectivity index (χ4v) is 1.99. The summed E-state index contributed by atoms with van der Waals surface area (Å²) in [5.74, 6) is 1.53. The van der Waals surface area contributed by atoms with E-state index in [-0.39, 0.29) is 11.7 Å². The highest BCUT2D eigenvalue weighted by Crippen LogP contribution is 2.22. The van der Waals surface area contributed by atoms with Gasteiger partial charge in [0.05, 0.1) is 11.8 Å². The lowest BCUT2D eigenvalue weighted by molar-refractivity contribution is 0.242. The standard InChI is InChI=1S/C16H20N2O2/c1-5-14-17-15(11(4)16(19)18-14)12-6-8-13(9-7-12)20-10(2)3/h6-10H,5H2,1-4H3,(H,17,18,19). The average Bonchev–Trinajstić information content (AvgIpc) is 2.42. The normalized spacial score (nSPS) is 10.8. The van der Waals surface area contributed by atoms with Crippen LogP contribution in [0.5, 0.6) is 5.75 Å². The molecule has 0 amide bonds. The van der Waals surface area contributed by atoms with Crippen LogP contribution in [0.2, 0.25) is 0 Å². The van der Waals surface area contributed by atoms with Crippen LogP contribution in [0.4, 0.5) is 0 Å². The van der Waals surface area contributed by atoms with Gasteiger partial charge in [0, 0.05) is 17.5 Å². The first-order valence-corrected chi connectivity index (χ1v) is 6.88. The minimum absolute atomic E-state index is 0.0747. The van der Waals surface area contributed by atoms with Crippen LogP contribution in [0, 0.1) is 6.92 Å². The molecule has 0 saturated heterocycles. The van der Waals surface area contributed by atoms with Gasteiger partial charge in [-0.3, -0.25) is 4.79 Å². The summed E-state index contributed by atoms with van der Waals surface area (Å²) >= 11 is 0. The number of rotatable bonds is 4. The van der Waals surface area contributed by atoms with Crippen LogP contribution in [0.15, 0.2) is 29.1 Å². The second-order valence-corrected chi connectivity index (χ2v) is 5.03. The number of benzene rings is 1. The van der Waals surface area contributed by atoms with E-state index in [9.17, 15) is 4.79 Å². The monoisotopic (exact) mass is 272 g/mol. The molecule has 1 aromatic carbocycles. The van der Waals surface area contributed by atoms with Crippen molar-refractivity contribution >= 4 is 0 Å². The molecule has 4 nitrogen and oxygen atoms in total. The molecular weight excluding hydrogens is 252 g/mol. The van der Waals surface area contributed by atoms with E-state index in [4.69, 9.17) is 4.74 Å². The molecular formula is C16H20N2O2. The largest absolute Gasteiger partial charge is 0.491 e. The second kappa shape index (κ2) is 5.90. The predicted molar refractivity (Wildman–Crippen MR) is 80.2 cm³/mol. The molecule has 0 aliphatic heterocycles. The van der Waals surface area contributed by atoms with Gasteiger partial charge in [-0.05, 0) is 45.0 Å². The Labute approximate surface area is 118 Å². The Hall–Kier alpha value is -2.10. The Morgan fingerprint density at radius 1 is 1.25 bits per heavy atom. The molecule has 0 unspecified atom stereocenters.